The number of hydrogen-bond donors (Lipinski definition) is 3. The summed E-state index contributed by atoms with van der Waals surface area (Å²) in [6, 6.07) is 3.27. The van der Waals surface area contributed by atoms with Gasteiger partial charge in [0.05, 0.1) is 12.2 Å². The minimum absolute atomic E-state index is 0.382. The third-order valence-corrected chi connectivity index (χ3v) is 5.32. The molecule has 2 rings (SSSR count). The highest BCUT2D eigenvalue weighted by Crippen LogP contribution is 2.24. The summed E-state index contributed by atoms with van der Waals surface area (Å²) < 4.78 is 26.8. The van der Waals surface area contributed by atoms with E-state index >= 15 is 0 Å². The maximum atomic E-state index is 12.2. The third kappa shape index (κ3) is 2.89. The number of sulfonamides is 1. The molecule has 0 saturated carbocycles. The Kier molecular flexibility index (Phi) is 3.93. The van der Waals surface area contributed by atoms with Crippen molar-refractivity contribution in [2.45, 2.75) is 24.9 Å². The van der Waals surface area contributed by atoms with E-state index in [0.29, 0.717) is 0 Å². The number of aromatic nitrogens is 2. The number of carboxylic acid groups (broad SMARTS) is 1. The fourth-order valence-electron chi connectivity index (χ4n) is 1.67. The molecule has 7 nitrogen and oxygen atoms in total. The fourth-order valence-corrected chi connectivity index (χ4v) is 3.93. The Labute approximate surface area is 119 Å². The maximum absolute atomic E-state index is 12.2. The summed E-state index contributed by atoms with van der Waals surface area (Å²) in [5, 5.41) is 14.2. The van der Waals surface area contributed by atoms with E-state index in [0.717, 1.165) is 16.0 Å². The molecule has 0 aliphatic heterocycles. The molecule has 0 bridgehead atoms. The average molecular weight is 315 g/mol. The van der Waals surface area contributed by atoms with Crippen LogP contribution in [-0.2, 0) is 10.0 Å². The van der Waals surface area contributed by atoms with Gasteiger partial charge in [0.1, 0.15) is 5.56 Å². The molecule has 0 saturated heterocycles. The fraction of sp³-hybridized carbons (Fsp3) is 0.273. The van der Waals surface area contributed by atoms with Crippen molar-refractivity contribution in [1.29, 1.82) is 0 Å². The van der Waals surface area contributed by atoms with Crippen molar-refractivity contribution in [1.82, 2.24) is 14.9 Å². The number of aromatic carboxylic acids is 1. The highest BCUT2D eigenvalue weighted by atomic mass is 32.2. The first-order valence-corrected chi connectivity index (χ1v) is 7.96. The predicted molar refractivity (Wildman–Crippen MR) is 73.3 cm³/mol. The molecule has 0 aromatic carbocycles. The molecule has 2 aromatic rings. The molecule has 20 heavy (non-hydrogen) atoms. The van der Waals surface area contributed by atoms with Crippen LogP contribution in [0.1, 0.15) is 33.1 Å². The van der Waals surface area contributed by atoms with Gasteiger partial charge in [-0.2, -0.15) is 5.10 Å². The van der Waals surface area contributed by atoms with Gasteiger partial charge in [-0.3, -0.25) is 5.10 Å². The van der Waals surface area contributed by atoms with E-state index in [4.69, 9.17) is 5.11 Å². The second kappa shape index (κ2) is 5.35. The molecular formula is C11H13N3O4S2. The van der Waals surface area contributed by atoms with Gasteiger partial charge in [0, 0.05) is 9.75 Å². The number of nitrogens with zero attached hydrogens (tertiary/aromatic N) is 1. The standard InChI is InChI=1S/C11H13N3O4S2/c1-6-3-4-9(19-6)7(2)14-20(17,18)10-8(11(15)16)5-12-13-10/h3-5,7,14H,1-2H3,(H,12,13)(H,15,16). The molecule has 108 valence electrons. The van der Waals surface area contributed by atoms with E-state index in [1.54, 1.807) is 6.92 Å². The van der Waals surface area contributed by atoms with Gasteiger partial charge in [-0.25, -0.2) is 17.9 Å². The number of thiophene rings is 1. The smallest absolute Gasteiger partial charge is 0.340 e. The van der Waals surface area contributed by atoms with Gasteiger partial charge in [-0.15, -0.1) is 11.3 Å². The number of hydrogen-bond acceptors (Lipinski definition) is 5. The lowest BCUT2D eigenvalue weighted by molar-refractivity contribution is 0.0692. The van der Waals surface area contributed by atoms with E-state index in [2.05, 4.69) is 14.9 Å². The monoisotopic (exact) mass is 315 g/mol. The molecule has 0 amide bonds. The van der Waals surface area contributed by atoms with Crippen molar-refractivity contribution < 1.29 is 18.3 Å². The SMILES string of the molecule is Cc1ccc(C(C)NS(=O)(=O)c2[nH]ncc2C(=O)O)s1. The Balaban J connectivity index is 2.27. The van der Waals surface area contributed by atoms with Crippen LogP contribution in [0.2, 0.25) is 0 Å². The Morgan fingerprint density at radius 3 is 2.75 bits per heavy atom. The molecule has 0 spiro atoms. The molecule has 0 fully saturated rings. The molecule has 0 aliphatic carbocycles. The summed E-state index contributed by atoms with van der Waals surface area (Å²) in [5.74, 6) is -1.35. The second-order valence-corrected chi connectivity index (χ2v) is 7.18. The molecule has 2 heterocycles. The minimum Gasteiger partial charge on any atom is -0.478 e. The zero-order chi connectivity index (χ0) is 14.9. The van der Waals surface area contributed by atoms with Crippen molar-refractivity contribution in [2.24, 2.45) is 0 Å². The van der Waals surface area contributed by atoms with Crippen LogP contribution in [0.3, 0.4) is 0 Å². The van der Waals surface area contributed by atoms with Crippen molar-refractivity contribution in [3.63, 3.8) is 0 Å². The Morgan fingerprint density at radius 2 is 2.20 bits per heavy atom. The quantitative estimate of drug-likeness (QED) is 0.774. The first-order valence-electron chi connectivity index (χ1n) is 5.66. The van der Waals surface area contributed by atoms with Crippen LogP contribution in [0, 0.1) is 6.92 Å². The van der Waals surface area contributed by atoms with E-state index < -0.39 is 27.1 Å². The van der Waals surface area contributed by atoms with Gasteiger partial charge in [0.25, 0.3) is 10.0 Å². The van der Waals surface area contributed by atoms with E-state index in [1.165, 1.54) is 11.3 Å². The molecule has 2 aromatic heterocycles. The van der Waals surface area contributed by atoms with Crippen LogP contribution < -0.4 is 4.72 Å². The summed E-state index contributed by atoms with van der Waals surface area (Å²) in [7, 11) is -3.97. The Hall–Kier alpha value is -1.71. The van der Waals surface area contributed by atoms with Crippen molar-refractivity contribution in [3.8, 4) is 0 Å². The topological polar surface area (TPSA) is 112 Å². The zero-order valence-corrected chi connectivity index (χ0v) is 12.4. The van der Waals surface area contributed by atoms with E-state index in [1.807, 2.05) is 19.1 Å². The lowest BCUT2D eigenvalue weighted by Crippen LogP contribution is -2.28. The zero-order valence-electron chi connectivity index (χ0n) is 10.7. The summed E-state index contributed by atoms with van der Waals surface area (Å²) in [6.45, 7) is 3.62. The van der Waals surface area contributed by atoms with E-state index in [9.17, 15) is 13.2 Å². The number of H-pyrrole nitrogens is 1. The molecule has 0 aliphatic rings. The first-order chi connectivity index (χ1) is 9.31. The van der Waals surface area contributed by atoms with Gasteiger partial charge in [-0.05, 0) is 26.0 Å². The third-order valence-electron chi connectivity index (χ3n) is 2.62. The number of aromatic amines is 1. The largest absolute Gasteiger partial charge is 0.478 e. The van der Waals surface area contributed by atoms with Gasteiger partial charge >= 0.3 is 5.97 Å². The molecule has 3 N–H and O–H groups in total. The second-order valence-electron chi connectivity index (χ2n) is 4.21. The molecule has 1 atom stereocenters. The van der Waals surface area contributed by atoms with Gasteiger partial charge in [0.15, 0.2) is 5.03 Å². The number of rotatable bonds is 5. The van der Waals surface area contributed by atoms with Crippen LogP contribution in [0.15, 0.2) is 23.4 Å². The number of carbonyl (C=O) groups is 1. The highest BCUT2D eigenvalue weighted by Gasteiger charge is 2.26. The Bertz CT molecular complexity index is 732. The summed E-state index contributed by atoms with van der Waals surface area (Å²) in [4.78, 5) is 12.9. The summed E-state index contributed by atoms with van der Waals surface area (Å²) >= 11 is 1.48. The van der Waals surface area contributed by atoms with Crippen LogP contribution in [0.5, 0.6) is 0 Å². The first kappa shape index (κ1) is 14.7. The van der Waals surface area contributed by atoms with Crippen LogP contribution in [0.25, 0.3) is 0 Å². The molecule has 9 heteroatoms. The molecule has 1 unspecified atom stereocenters. The number of nitrogens with one attached hydrogen (secondary N) is 2. The van der Waals surface area contributed by atoms with Crippen molar-refractivity contribution in [2.75, 3.05) is 0 Å². The average Bonchev–Trinajstić information content (AvgIpc) is 2.96. The van der Waals surface area contributed by atoms with E-state index in [-0.39, 0.29) is 5.56 Å². The van der Waals surface area contributed by atoms with Crippen LogP contribution in [-0.4, -0.2) is 29.7 Å². The van der Waals surface area contributed by atoms with Crippen molar-refractivity contribution in [3.05, 3.63) is 33.6 Å². The molecular weight excluding hydrogens is 302 g/mol. The van der Waals surface area contributed by atoms with Crippen molar-refractivity contribution >= 4 is 27.3 Å². The lowest BCUT2D eigenvalue weighted by atomic mass is 10.3. The van der Waals surface area contributed by atoms with Crippen LogP contribution >= 0.6 is 11.3 Å². The Morgan fingerprint density at radius 1 is 1.50 bits per heavy atom. The summed E-state index contributed by atoms with van der Waals surface area (Å²) in [6.07, 6.45) is 0.969. The number of aryl methyl sites for hydroxylation is 1. The maximum Gasteiger partial charge on any atom is 0.340 e. The van der Waals surface area contributed by atoms with Gasteiger partial charge in [-0.1, -0.05) is 0 Å². The van der Waals surface area contributed by atoms with Gasteiger partial charge in [0.2, 0.25) is 0 Å². The lowest BCUT2D eigenvalue weighted by Gasteiger charge is -2.12. The summed E-state index contributed by atoms with van der Waals surface area (Å²) in [5.41, 5.74) is -0.382. The minimum atomic E-state index is -3.97. The predicted octanol–water partition coefficient (Wildman–Crippen LogP) is 1.52. The highest BCUT2D eigenvalue weighted by molar-refractivity contribution is 7.89. The van der Waals surface area contributed by atoms with Gasteiger partial charge < -0.3 is 5.11 Å². The molecule has 0 radical (unpaired) electrons. The number of carboxylic acids is 1. The van der Waals surface area contributed by atoms with Crippen LogP contribution in [0.4, 0.5) is 0 Å². The normalized spacial score (nSPS) is 13.3.